The van der Waals surface area contributed by atoms with E-state index in [1.165, 1.54) is 56.0 Å². The molecule has 24 heavy (non-hydrogen) atoms. The van der Waals surface area contributed by atoms with E-state index in [0.717, 1.165) is 6.85 Å². The Morgan fingerprint density at radius 2 is 1.62 bits per heavy atom. The van der Waals surface area contributed by atoms with Crippen LogP contribution >= 0.6 is 0 Å². The topological polar surface area (TPSA) is 3.24 Å². The number of unbranched alkanes of at least 4 members (excludes halogenated alkanes) is 1. The molecule has 2 saturated heterocycles. The van der Waals surface area contributed by atoms with Crippen LogP contribution in [0.1, 0.15) is 43.7 Å². The monoisotopic (exact) mass is 317 g/mol. The predicted octanol–water partition coefficient (Wildman–Crippen LogP) is 5.24. The van der Waals surface area contributed by atoms with E-state index in [1.54, 1.807) is 0 Å². The molecule has 2 aliphatic rings. The molecule has 0 unspecified atom stereocenters. The molecule has 0 aliphatic carbocycles. The van der Waals surface area contributed by atoms with Crippen molar-refractivity contribution in [3.63, 3.8) is 0 Å². The van der Waals surface area contributed by atoms with Crippen LogP contribution in [0.4, 0.5) is 0 Å². The SMILES string of the molecule is CCCCB1CC(c2ccccc2)(c2ccccc2)[C@@H]2CCCN12. The Kier molecular flexibility index (Phi) is 4.50. The molecule has 124 valence electrons. The smallest absolute Gasteiger partial charge is 0.224 e. The van der Waals surface area contributed by atoms with Crippen molar-refractivity contribution in [2.75, 3.05) is 6.54 Å². The third kappa shape index (κ3) is 2.52. The zero-order valence-corrected chi connectivity index (χ0v) is 14.8. The highest BCUT2D eigenvalue weighted by Gasteiger charge is 2.55. The summed E-state index contributed by atoms with van der Waals surface area (Å²) in [4.78, 5) is 2.86. The van der Waals surface area contributed by atoms with Gasteiger partial charge in [-0.2, -0.15) is 0 Å². The molecule has 0 spiro atoms. The third-order valence-electron chi connectivity index (χ3n) is 6.36. The quantitative estimate of drug-likeness (QED) is 0.681. The normalized spacial score (nSPS) is 22.7. The second-order valence-corrected chi connectivity index (χ2v) is 7.60. The number of nitrogens with zero attached hydrogens (tertiary/aromatic N) is 1. The predicted molar refractivity (Wildman–Crippen MR) is 104 cm³/mol. The lowest BCUT2D eigenvalue weighted by atomic mass is 9.50. The second kappa shape index (κ2) is 6.76. The van der Waals surface area contributed by atoms with E-state index in [1.807, 2.05) is 0 Å². The Balaban J connectivity index is 1.82. The van der Waals surface area contributed by atoms with Gasteiger partial charge in [-0.15, -0.1) is 0 Å². The lowest BCUT2D eigenvalue weighted by molar-refractivity contribution is 0.337. The van der Waals surface area contributed by atoms with Crippen molar-refractivity contribution in [3.05, 3.63) is 71.8 Å². The Morgan fingerprint density at radius 1 is 1.00 bits per heavy atom. The van der Waals surface area contributed by atoms with Gasteiger partial charge in [0, 0.05) is 11.5 Å². The lowest BCUT2D eigenvalue weighted by Crippen LogP contribution is -2.41. The second-order valence-electron chi connectivity index (χ2n) is 7.60. The number of hydrogen-bond acceptors (Lipinski definition) is 1. The van der Waals surface area contributed by atoms with Gasteiger partial charge in [0.05, 0.1) is 0 Å². The van der Waals surface area contributed by atoms with Crippen molar-refractivity contribution in [2.45, 2.75) is 56.7 Å². The van der Waals surface area contributed by atoms with Crippen molar-refractivity contribution >= 4 is 6.85 Å². The third-order valence-corrected chi connectivity index (χ3v) is 6.36. The summed E-state index contributed by atoms with van der Waals surface area (Å²) in [6.07, 6.45) is 7.99. The van der Waals surface area contributed by atoms with Crippen molar-refractivity contribution in [1.82, 2.24) is 4.81 Å². The highest BCUT2D eigenvalue weighted by Crippen LogP contribution is 2.52. The highest BCUT2D eigenvalue weighted by atomic mass is 15.2. The van der Waals surface area contributed by atoms with Gasteiger partial charge < -0.3 is 4.81 Å². The fraction of sp³-hybridized carbons (Fsp3) is 0.455. The van der Waals surface area contributed by atoms with Crippen LogP contribution < -0.4 is 0 Å². The van der Waals surface area contributed by atoms with Crippen LogP contribution in [0.15, 0.2) is 60.7 Å². The summed E-state index contributed by atoms with van der Waals surface area (Å²) in [6, 6.07) is 23.3. The van der Waals surface area contributed by atoms with Crippen LogP contribution in [0.5, 0.6) is 0 Å². The minimum atomic E-state index is 0.178. The van der Waals surface area contributed by atoms with Gasteiger partial charge in [-0.1, -0.05) is 86.7 Å². The van der Waals surface area contributed by atoms with Gasteiger partial charge in [0.25, 0.3) is 0 Å². The Morgan fingerprint density at radius 3 is 2.21 bits per heavy atom. The fourth-order valence-electron chi connectivity index (χ4n) is 5.35. The van der Waals surface area contributed by atoms with Crippen LogP contribution in [0.2, 0.25) is 12.6 Å². The van der Waals surface area contributed by atoms with E-state index in [0.29, 0.717) is 6.04 Å². The van der Waals surface area contributed by atoms with Crippen LogP contribution in [-0.4, -0.2) is 24.2 Å². The summed E-state index contributed by atoms with van der Waals surface area (Å²) < 4.78 is 0. The molecule has 4 rings (SSSR count). The molecule has 2 aromatic carbocycles. The molecule has 0 saturated carbocycles. The molecule has 0 N–H and O–H groups in total. The first kappa shape index (κ1) is 16.0. The first-order valence-electron chi connectivity index (χ1n) is 9.73. The Hall–Kier alpha value is -1.54. The molecule has 0 radical (unpaired) electrons. The maximum Gasteiger partial charge on any atom is 0.224 e. The average molecular weight is 317 g/mol. The van der Waals surface area contributed by atoms with Gasteiger partial charge in [-0.05, 0) is 36.8 Å². The maximum absolute atomic E-state index is 2.86. The molecule has 2 heteroatoms. The van der Waals surface area contributed by atoms with E-state index in [2.05, 4.69) is 72.4 Å². The lowest BCUT2D eigenvalue weighted by Gasteiger charge is -2.37. The van der Waals surface area contributed by atoms with Gasteiger partial charge in [0.2, 0.25) is 6.85 Å². The molecule has 1 atom stereocenters. The molecule has 2 heterocycles. The van der Waals surface area contributed by atoms with Crippen molar-refractivity contribution in [1.29, 1.82) is 0 Å². The summed E-state index contributed by atoms with van der Waals surface area (Å²) in [7, 11) is 0. The number of rotatable bonds is 5. The molecule has 2 fully saturated rings. The molecule has 0 amide bonds. The minimum absolute atomic E-state index is 0.178. The first-order chi connectivity index (χ1) is 11.9. The zero-order chi connectivity index (χ0) is 16.4. The van der Waals surface area contributed by atoms with E-state index in [9.17, 15) is 0 Å². The van der Waals surface area contributed by atoms with Crippen molar-refractivity contribution in [2.24, 2.45) is 0 Å². The Labute approximate surface area is 147 Å². The van der Waals surface area contributed by atoms with Crippen LogP contribution in [0.25, 0.3) is 0 Å². The van der Waals surface area contributed by atoms with E-state index < -0.39 is 0 Å². The molecule has 1 nitrogen and oxygen atoms in total. The highest BCUT2D eigenvalue weighted by molar-refractivity contribution is 6.57. The number of benzene rings is 2. The van der Waals surface area contributed by atoms with Crippen LogP contribution in [0, 0.1) is 0 Å². The molecular formula is C22H28BN. The fourth-order valence-corrected chi connectivity index (χ4v) is 5.35. The van der Waals surface area contributed by atoms with Crippen LogP contribution in [0.3, 0.4) is 0 Å². The summed E-state index contributed by atoms with van der Waals surface area (Å²) >= 11 is 0. The zero-order valence-electron chi connectivity index (χ0n) is 14.8. The van der Waals surface area contributed by atoms with E-state index in [-0.39, 0.29) is 5.41 Å². The maximum atomic E-state index is 2.86. The first-order valence-corrected chi connectivity index (χ1v) is 9.73. The summed E-state index contributed by atoms with van der Waals surface area (Å²) in [5.74, 6) is 0. The van der Waals surface area contributed by atoms with E-state index >= 15 is 0 Å². The molecule has 2 aromatic rings. The molecule has 2 aliphatic heterocycles. The van der Waals surface area contributed by atoms with Gasteiger partial charge in [0.1, 0.15) is 0 Å². The minimum Gasteiger partial charge on any atom is -0.338 e. The van der Waals surface area contributed by atoms with Crippen molar-refractivity contribution in [3.8, 4) is 0 Å². The number of fused-ring (bicyclic) bond motifs is 1. The summed E-state index contributed by atoms with van der Waals surface area (Å²) in [5.41, 5.74) is 3.22. The van der Waals surface area contributed by atoms with Gasteiger partial charge in [-0.3, -0.25) is 0 Å². The van der Waals surface area contributed by atoms with Crippen molar-refractivity contribution < 1.29 is 0 Å². The average Bonchev–Trinajstić information content (AvgIpc) is 3.24. The molecule has 0 bridgehead atoms. The van der Waals surface area contributed by atoms with E-state index in [4.69, 9.17) is 0 Å². The van der Waals surface area contributed by atoms with Gasteiger partial charge in [0.15, 0.2) is 0 Å². The summed E-state index contributed by atoms with van der Waals surface area (Å²) in [5, 5.41) is 0. The van der Waals surface area contributed by atoms with Gasteiger partial charge >= 0.3 is 0 Å². The van der Waals surface area contributed by atoms with Crippen LogP contribution in [-0.2, 0) is 5.41 Å². The molecular weight excluding hydrogens is 289 g/mol. The van der Waals surface area contributed by atoms with Gasteiger partial charge in [-0.25, -0.2) is 0 Å². The summed E-state index contributed by atoms with van der Waals surface area (Å²) in [6.45, 7) is 4.36. The largest absolute Gasteiger partial charge is 0.338 e. The Bertz CT molecular complexity index is 615. The molecule has 0 aromatic heterocycles. The number of hydrogen-bond donors (Lipinski definition) is 0. The standard InChI is InChI=1S/C22H28BN/c1-2-3-16-23-18-22(19-11-6-4-7-12-19,20-13-8-5-9-14-20)21-15-10-17-24(21)23/h4-9,11-14,21H,2-3,10,15-18H2,1H3/t21-/m0/s1.